The van der Waals surface area contributed by atoms with Gasteiger partial charge in [0.15, 0.2) is 0 Å². The van der Waals surface area contributed by atoms with E-state index in [9.17, 15) is 4.79 Å². The van der Waals surface area contributed by atoms with Gasteiger partial charge in [0, 0.05) is 18.5 Å². The van der Waals surface area contributed by atoms with Crippen molar-refractivity contribution in [1.29, 1.82) is 0 Å². The second-order valence-electron chi connectivity index (χ2n) is 3.89. The molecule has 1 aromatic heterocycles. The van der Waals surface area contributed by atoms with Gasteiger partial charge in [-0.05, 0) is 43.8 Å². The second kappa shape index (κ2) is 4.55. The molecule has 0 atom stereocenters. The lowest BCUT2D eigenvalue weighted by Gasteiger charge is -2.23. The molecule has 0 unspecified atom stereocenters. The highest BCUT2D eigenvalue weighted by Crippen LogP contribution is 2.18. The van der Waals surface area contributed by atoms with E-state index in [0.29, 0.717) is 0 Å². The van der Waals surface area contributed by atoms with E-state index in [1.54, 1.807) is 0 Å². The van der Waals surface area contributed by atoms with E-state index < -0.39 is 0 Å². The zero-order valence-corrected chi connectivity index (χ0v) is 9.56. The SMILES string of the molecule is CC(=O)OC(C)(C)CCc1cnsc1. The summed E-state index contributed by atoms with van der Waals surface area (Å²) in [5.41, 5.74) is 0.823. The van der Waals surface area contributed by atoms with Crippen LogP contribution in [-0.4, -0.2) is 15.9 Å². The number of rotatable bonds is 4. The topological polar surface area (TPSA) is 39.2 Å². The molecule has 0 saturated heterocycles. The molecule has 0 aromatic carbocycles. The number of nitrogens with zero attached hydrogens (tertiary/aromatic N) is 1. The maximum absolute atomic E-state index is 10.8. The van der Waals surface area contributed by atoms with Gasteiger partial charge in [0.05, 0.1) is 0 Å². The fourth-order valence-electron chi connectivity index (χ4n) is 1.24. The molecule has 0 bridgehead atoms. The van der Waals surface area contributed by atoms with E-state index in [1.165, 1.54) is 24.0 Å². The van der Waals surface area contributed by atoms with Crippen molar-refractivity contribution in [2.75, 3.05) is 0 Å². The van der Waals surface area contributed by atoms with Crippen molar-refractivity contribution in [2.24, 2.45) is 0 Å². The summed E-state index contributed by atoms with van der Waals surface area (Å²) in [6.07, 6.45) is 3.58. The largest absolute Gasteiger partial charge is 0.460 e. The number of aromatic nitrogens is 1. The van der Waals surface area contributed by atoms with Gasteiger partial charge in [-0.15, -0.1) is 0 Å². The minimum atomic E-state index is -0.381. The Bertz CT molecular complexity index is 293. The number of carbonyl (C=O) groups excluding carboxylic acids is 1. The lowest BCUT2D eigenvalue weighted by Crippen LogP contribution is -2.27. The zero-order valence-electron chi connectivity index (χ0n) is 8.74. The fraction of sp³-hybridized carbons (Fsp3) is 0.600. The van der Waals surface area contributed by atoms with Gasteiger partial charge in [0.25, 0.3) is 0 Å². The van der Waals surface area contributed by atoms with Crippen LogP contribution in [0.2, 0.25) is 0 Å². The van der Waals surface area contributed by atoms with Gasteiger partial charge < -0.3 is 4.74 Å². The molecule has 0 aliphatic heterocycles. The monoisotopic (exact) mass is 213 g/mol. The van der Waals surface area contributed by atoms with Gasteiger partial charge in [0.2, 0.25) is 0 Å². The first-order valence-electron chi connectivity index (χ1n) is 4.57. The summed E-state index contributed by atoms with van der Waals surface area (Å²) in [5, 5.41) is 2.02. The molecule has 0 N–H and O–H groups in total. The highest BCUT2D eigenvalue weighted by molar-refractivity contribution is 7.03. The molecule has 0 saturated carbocycles. The smallest absolute Gasteiger partial charge is 0.303 e. The summed E-state index contributed by atoms with van der Waals surface area (Å²) >= 11 is 1.45. The van der Waals surface area contributed by atoms with E-state index in [-0.39, 0.29) is 11.6 Å². The molecule has 4 heteroatoms. The minimum absolute atomic E-state index is 0.224. The molecule has 14 heavy (non-hydrogen) atoms. The van der Waals surface area contributed by atoms with Crippen LogP contribution in [0.1, 0.15) is 32.8 Å². The van der Waals surface area contributed by atoms with Crippen LogP contribution in [0.5, 0.6) is 0 Å². The van der Waals surface area contributed by atoms with Crippen molar-refractivity contribution in [3.8, 4) is 0 Å². The molecule has 0 aliphatic rings. The van der Waals surface area contributed by atoms with Crippen LogP contribution in [0.3, 0.4) is 0 Å². The Hall–Kier alpha value is -0.900. The summed E-state index contributed by atoms with van der Waals surface area (Å²) in [6.45, 7) is 5.29. The van der Waals surface area contributed by atoms with Gasteiger partial charge in [-0.2, -0.15) is 0 Å². The Balaban J connectivity index is 2.40. The number of hydrogen-bond acceptors (Lipinski definition) is 4. The van der Waals surface area contributed by atoms with Crippen LogP contribution >= 0.6 is 11.5 Å². The van der Waals surface area contributed by atoms with Crippen molar-refractivity contribution < 1.29 is 9.53 Å². The van der Waals surface area contributed by atoms with E-state index >= 15 is 0 Å². The Morgan fingerprint density at radius 2 is 2.36 bits per heavy atom. The van der Waals surface area contributed by atoms with Crippen LogP contribution < -0.4 is 0 Å². The van der Waals surface area contributed by atoms with Crippen LogP contribution in [0.25, 0.3) is 0 Å². The molecule has 0 amide bonds. The summed E-state index contributed by atoms with van der Waals surface area (Å²) in [5.74, 6) is -0.224. The summed E-state index contributed by atoms with van der Waals surface area (Å²) < 4.78 is 9.20. The Morgan fingerprint density at radius 3 is 2.86 bits per heavy atom. The summed E-state index contributed by atoms with van der Waals surface area (Å²) in [6, 6.07) is 0. The van der Waals surface area contributed by atoms with E-state index in [0.717, 1.165) is 12.8 Å². The molecular formula is C10H15NO2S. The van der Waals surface area contributed by atoms with Crippen LogP contribution in [0, 0.1) is 0 Å². The van der Waals surface area contributed by atoms with Gasteiger partial charge in [-0.1, -0.05) is 0 Å². The predicted molar refractivity (Wildman–Crippen MR) is 56.3 cm³/mol. The van der Waals surface area contributed by atoms with E-state index in [1.807, 2.05) is 25.4 Å². The Kier molecular flexibility index (Phi) is 3.63. The first kappa shape index (κ1) is 11.2. The summed E-state index contributed by atoms with van der Waals surface area (Å²) in [4.78, 5) is 10.8. The number of hydrogen-bond donors (Lipinski definition) is 0. The van der Waals surface area contributed by atoms with Crippen molar-refractivity contribution in [3.05, 3.63) is 17.1 Å². The third-order valence-electron chi connectivity index (χ3n) is 1.92. The van der Waals surface area contributed by atoms with Gasteiger partial charge in [0.1, 0.15) is 5.60 Å². The summed E-state index contributed by atoms with van der Waals surface area (Å²) in [7, 11) is 0. The van der Waals surface area contributed by atoms with Crippen molar-refractivity contribution in [2.45, 2.75) is 39.2 Å². The fourth-order valence-corrected chi connectivity index (χ4v) is 1.81. The number of esters is 1. The standard InChI is InChI=1S/C10H15NO2S/c1-8(12)13-10(2,3)5-4-9-6-11-14-7-9/h6-7H,4-5H2,1-3H3. The molecule has 78 valence electrons. The minimum Gasteiger partial charge on any atom is -0.460 e. The van der Waals surface area contributed by atoms with Crippen molar-refractivity contribution in [3.63, 3.8) is 0 Å². The average molecular weight is 213 g/mol. The van der Waals surface area contributed by atoms with Gasteiger partial charge in [-0.25, -0.2) is 4.37 Å². The molecule has 0 aliphatic carbocycles. The lowest BCUT2D eigenvalue weighted by atomic mass is 10.0. The van der Waals surface area contributed by atoms with Crippen LogP contribution in [0.15, 0.2) is 11.6 Å². The highest BCUT2D eigenvalue weighted by Gasteiger charge is 2.20. The van der Waals surface area contributed by atoms with E-state index in [2.05, 4.69) is 4.37 Å². The highest BCUT2D eigenvalue weighted by atomic mass is 32.1. The first-order chi connectivity index (χ1) is 6.49. The van der Waals surface area contributed by atoms with Crippen molar-refractivity contribution >= 4 is 17.5 Å². The third-order valence-corrected chi connectivity index (χ3v) is 2.55. The van der Waals surface area contributed by atoms with Gasteiger partial charge >= 0.3 is 5.97 Å². The normalized spacial score (nSPS) is 11.4. The molecule has 1 heterocycles. The Morgan fingerprint density at radius 1 is 1.64 bits per heavy atom. The van der Waals surface area contributed by atoms with E-state index in [4.69, 9.17) is 4.74 Å². The van der Waals surface area contributed by atoms with Crippen molar-refractivity contribution in [1.82, 2.24) is 4.37 Å². The average Bonchev–Trinajstić information content (AvgIpc) is 2.50. The number of aryl methyl sites for hydroxylation is 1. The molecular weight excluding hydrogens is 198 g/mol. The first-order valence-corrected chi connectivity index (χ1v) is 5.41. The molecule has 1 aromatic rings. The zero-order chi connectivity index (χ0) is 10.6. The maximum Gasteiger partial charge on any atom is 0.303 e. The quantitative estimate of drug-likeness (QED) is 0.721. The van der Waals surface area contributed by atoms with Crippen LogP contribution in [-0.2, 0) is 16.0 Å². The third kappa shape index (κ3) is 3.87. The maximum atomic E-state index is 10.8. The molecule has 0 spiro atoms. The number of carbonyl (C=O) groups is 1. The molecule has 0 radical (unpaired) electrons. The predicted octanol–water partition coefficient (Wildman–Crippen LogP) is 2.42. The number of ether oxygens (including phenoxy) is 1. The van der Waals surface area contributed by atoms with Crippen LogP contribution in [0.4, 0.5) is 0 Å². The Labute approximate surface area is 88.3 Å². The molecule has 1 rings (SSSR count). The van der Waals surface area contributed by atoms with Gasteiger partial charge in [-0.3, -0.25) is 4.79 Å². The second-order valence-corrected chi connectivity index (χ2v) is 4.54. The molecule has 3 nitrogen and oxygen atoms in total. The molecule has 0 fully saturated rings. The lowest BCUT2D eigenvalue weighted by molar-refractivity contribution is -0.154.